The Kier molecular flexibility index (Phi) is 6.09. The molecule has 0 spiro atoms. The number of hydrogen-bond acceptors (Lipinski definition) is 9. The number of aromatic nitrogens is 6. The molecule has 0 atom stereocenters. The van der Waals surface area contributed by atoms with E-state index in [9.17, 15) is 0 Å². The third-order valence-corrected chi connectivity index (χ3v) is 6.84. The number of anilines is 1. The summed E-state index contributed by atoms with van der Waals surface area (Å²) < 4.78 is 0. The Morgan fingerprint density at radius 1 is 1.12 bits per heavy atom. The van der Waals surface area contributed by atoms with Crippen LogP contribution in [-0.2, 0) is 6.42 Å². The summed E-state index contributed by atoms with van der Waals surface area (Å²) in [5.74, 6) is 0.874. The average Bonchev–Trinajstić information content (AvgIpc) is 3.14. The third-order valence-electron chi connectivity index (χ3n) is 5.60. The molecule has 3 N–H and O–H groups in total. The minimum absolute atomic E-state index is 0.619. The molecule has 4 aromatic heterocycles. The zero-order chi connectivity index (χ0) is 22.1. The zero-order valence-corrected chi connectivity index (χ0v) is 19.3. The predicted octanol–water partition coefficient (Wildman–Crippen LogP) is 2.74. The first-order valence-corrected chi connectivity index (χ1v) is 11.9. The number of pyridine rings is 1. The Morgan fingerprint density at radius 3 is 2.72 bits per heavy atom. The maximum absolute atomic E-state index is 6.74. The molecule has 1 fully saturated rings. The molecule has 1 aliphatic rings. The summed E-state index contributed by atoms with van der Waals surface area (Å²) in [4.78, 5) is 31.7. The van der Waals surface area contributed by atoms with Crippen molar-refractivity contribution < 1.29 is 0 Å². The van der Waals surface area contributed by atoms with Gasteiger partial charge in [0.05, 0.1) is 10.4 Å². The van der Waals surface area contributed by atoms with E-state index in [-0.39, 0.29) is 0 Å². The lowest BCUT2D eigenvalue weighted by Gasteiger charge is -2.35. The molecule has 0 saturated carbocycles. The van der Waals surface area contributed by atoms with Crippen LogP contribution < -0.4 is 10.6 Å². The normalized spacial score (nSPS) is 15.2. The first-order valence-electron chi connectivity index (χ1n) is 10.7. The molecule has 5 heterocycles. The summed E-state index contributed by atoms with van der Waals surface area (Å²) >= 11 is 8.20. The molecule has 0 amide bonds. The number of hydrogen-bond donors (Lipinski definition) is 2. The summed E-state index contributed by atoms with van der Waals surface area (Å²) in [5.41, 5.74) is 8.83. The van der Waals surface area contributed by atoms with Crippen LogP contribution >= 0.6 is 23.4 Å². The topological polar surface area (TPSA) is 113 Å². The molecule has 1 aliphatic heterocycles. The highest BCUT2D eigenvalue weighted by atomic mass is 35.5. The van der Waals surface area contributed by atoms with Crippen LogP contribution in [0.2, 0.25) is 5.02 Å². The Hall–Kier alpha value is -2.53. The number of nitrogens with two attached hydrogens (primary N) is 1. The van der Waals surface area contributed by atoms with E-state index in [0.717, 1.165) is 72.1 Å². The van der Waals surface area contributed by atoms with Gasteiger partial charge in [-0.3, -0.25) is 9.88 Å². The van der Waals surface area contributed by atoms with Crippen molar-refractivity contribution in [3.8, 4) is 0 Å². The Labute approximate surface area is 194 Å². The highest BCUT2D eigenvalue weighted by molar-refractivity contribution is 7.99. The third kappa shape index (κ3) is 4.11. The highest BCUT2D eigenvalue weighted by Crippen LogP contribution is 2.37. The van der Waals surface area contributed by atoms with E-state index in [2.05, 4.69) is 36.7 Å². The van der Waals surface area contributed by atoms with E-state index < -0.39 is 0 Å². The molecule has 11 heteroatoms. The number of nitrogens with zero attached hydrogens (tertiary/aromatic N) is 7. The molecule has 0 unspecified atom stereocenters. The largest absolute Gasteiger partial charge is 0.353 e. The summed E-state index contributed by atoms with van der Waals surface area (Å²) in [6, 6.07) is 1.96. The SMILES string of the molecule is CCc1[nH]c2nc(Sc3cnc4nccnc4c3)nc(N3CCN(CCN)CC3)c2c1Cl. The second-order valence-electron chi connectivity index (χ2n) is 7.61. The van der Waals surface area contributed by atoms with Crippen LogP contribution in [0.4, 0.5) is 5.82 Å². The highest BCUT2D eigenvalue weighted by Gasteiger charge is 2.24. The second kappa shape index (κ2) is 9.14. The molecule has 0 bridgehead atoms. The van der Waals surface area contributed by atoms with Gasteiger partial charge < -0.3 is 15.6 Å². The van der Waals surface area contributed by atoms with Crippen LogP contribution in [-0.4, -0.2) is 74.1 Å². The van der Waals surface area contributed by atoms with Gasteiger partial charge in [0.2, 0.25) is 0 Å². The van der Waals surface area contributed by atoms with Crippen LogP contribution in [0.25, 0.3) is 22.2 Å². The Morgan fingerprint density at radius 2 is 1.94 bits per heavy atom. The first kappa shape index (κ1) is 21.3. The number of aromatic amines is 1. The monoisotopic (exact) mass is 469 g/mol. The average molecular weight is 470 g/mol. The lowest BCUT2D eigenvalue weighted by atomic mass is 10.2. The maximum Gasteiger partial charge on any atom is 0.196 e. The van der Waals surface area contributed by atoms with Crippen molar-refractivity contribution >= 4 is 51.4 Å². The van der Waals surface area contributed by atoms with Gasteiger partial charge in [0.1, 0.15) is 17.0 Å². The number of fused-ring (bicyclic) bond motifs is 2. The number of rotatable bonds is 6. The lowest BCUT2D eigenvalue weighted by Crippen LogP contribution is -2.48. The molecular formula is C21H24ClN9S. The van der Waals surface area contributed by atoms with Crippen LogP contribution in [0.15, 0.2) is 34.7 Å². The van der Waals surface area contributed by atoms with Crippen LogP contribution in [0.1, 0.15) is 12.6 Å². The van der Waals surface area contributed by atoms with Crippen molar-refractivity contribution in [1.29, 1.82) is 0 Å². The van der Waals surface area contributed by atoms with E-state index in [1.807, 2.05) is 6.07 Å². The van der Waals surface area contributed by atoms with E-state index in [4.69, 9.17) is 27.3 Å². The van der Waals surface area contributed by atoms with Gasteiger partial charge in [-0.2, -0.15) is 0 Å². The standard InChI is InChI=1S/C21H24ClN9S/c1-2-14-17(22)16-19(27-14)28-21(29-20(16)31-9-7-30(6-3-23)8-10-31)32-13-11-15-18(26-12-13)25-5-4-24-15/h4-5,11-12H,2-3,6-10,23H2,1H3,(H,27,28,29). The predicted molar refractivity (Wildman–Crippen MR) is 127 cm³/mol. The summed E-state index contributed by atoms with van der Waals surface area (Å²) in [7, 11) is 0. The van der Waals surface area contributed by atoms with Crippen molar-refractivity contribution in [2.45, 2.75) is 23.4 Å². The van der Waals surface area contributed by atoms with Crippen molar-refractivity contribution in [1.82, 2.24) is 34.8 Å². The molecule has 32 heavy (non-hydrogen) atoms. The number of H-pyrrole nitrogens is 1. The second-order valence-corrected chi connectivity index (χ2v) is 9.03. The van der Waals surface area contributed by atoms with Gasteiger partial charge in [0, 0.05) is 68.4 Å². The summed E-state index contributed by atoms with van der Waals surface area (Å²) in [5, 5.41) is 2.24. The number of aryl methyl sites for hydroxylation is 1. The van der Waals surface area contributed by atoms with Gasteiger partial charge >= 0.3 is 0 Å². The summed E-state index contributed by atoms with van der Waals surface area (Å²) in [6.07, 6.45) is 5.88. The fraction of sp³-hybridized carbons (Fsp3) is 0.381. The first-order chi connectivity index (χ1) is 15.7. The summed E-state index contributed by atoms with van der Waals surface area (Å²) in [6.45, 7) is 7.29. The molecule has 4 aromatic rings. The molecule has 0 aromatic carbocycles. The fourth-order valence-electron chi connectivity index (χ4n) is 3.95. The van der Waals surface area contributed by atoms with Crippen molar-refractivity contribution in [2.24, 2.45) is 5.73 Å². The van der Waals surface area contributed by atoms with Gasteiger partial charge in [0.25, 0.3) is 0 Å². The molecule has 0 radical (unpaired) electrons. The van der Waals surface area contributed by atoms with Gasteiger partial charge in [-0.05, 0) is 24.2 Å². The fourth-order valence-corrected chi connectivity index (χ4v) is 5.07. The van der Waals surface area contributed by atoms with Crippen LogP contribution in [0.3, 0.4) is 0 Å². The molecule has 5 rings (SSSR count). The van der Waals surface area contributed by atoms with Crippen molar-refractivity contribution in [2.75, 3.05) is 44.2 Å². The van der Waals surface area contributed by atoms with E-state index in [1.54, 1.807) is 18.6 Å². The molecule has 1 saturated heterocycles. The molecule has 9 nitrogen and oxygen atoms in total. The minimum Gasteiger partial charge on any atom is -0.353 e. The van der Waals surface area contributed by atoms with Gasteiger partial charge in [0.15, 0.2) is 10.8 Å². The van der Waals surface area contributed by atoms with E-state index in [0.29, 0.717) is 22.4 Å². The lowest BCUT2D eigenvalue weighted by molar-refractivity contribution is 0.264. The van der Waals surface area contributed by atoms with Gasteiger partial charge in [-0.15, -0.1) is 0 Å². The van der Waals surface area contributed by atoms with Crippen molar-refractivity contribution in [3.05, 3.63) is 35.4 Å². The number of nitrogens with one attached hydrogen (secondary N) is 1. The van der Waals surface area contributed by atoms with Gasteiger partial charge in [-0.1, -0.05) is 18.5 Å². The maximum atomic E-state index is 6.74. The van der Waals surface area contributed by atoms with Crippen LogP contribution in [0.5, 0.6) is 0 Å². The van der Waals surface area contributed by atoms with Gasteiger partial charge in [-0.25, -0.2) is 19.9 Å². The smallest absolute Gasteiger partial charge is 0.196 e. The Balaban J connectivity index is 1.52. The minimum atomic E-state index is 0.619. The van der Waals surface area contributed by atoms with Crippen LogP contribution in [0, 0.1) is 0 Å². The quantitative estimate of drug-likeness (QED) is 0.411. The molecular weight excluding hydrogens is 446 g/mol. The molecule has 0 aliphatic carbocycles. The number of halogens is 1. The van der Waals surface area contributed by atoms with E-state index >= 15 is 0 Å². The zero-order valence-electron chi connectivity index (χ0n) is 17.8. The number of piperazine rings is 1. The Bertz CT molecular complexity index is 1250. The van der Waals surface area contributed by atoms with E-state index in [1.165, 1.54) is 11.8 Å². The van der Waals surface area contributed by atoms with Crippen molar-refractivity contribution in [3.63, 3.8) is 0 Å². The molecule has 166 valence electrons.